The number of amides is 2. The Hall–Kier alpha value is -3.09. The summed E-state index contributed by atoms with van der Waals surface area (Å²) in [6, 6.07) is 10.9. The van der Waals surface area contributed by atoms with Gasteiger partial charge in [0.05, 0.1) is 20.6 Å². The Balaban J connectivity index is 1.50. The van der Waals surface area contributed by atoms with E-state index in [1.807, 2.05) is 17.0 Å². The largest absolute Gasteiger partial charge is 0.493 e. The van der Waals surface area contributed by atoms with Crippen LogP contribution in [0.15, 0.2) is 42.5 Å². The van der Waals surface area contributed by atoms with Gasteiger partial charge in [0.1, 0.15) is 5.82 Å². The molecule has 2 amide bonds. The molecule has 1 saturated heterocycles. The highest BCUT2D eigenvalue weighted by atomic mass is 19.1. The highest BCUT2D eigenvalue weighted by Crippen LogP contribution is 2.28. The highest BCUT2D eigenvalue weighted by molar-refractivity contribution is 5.94. The monoisotopic (exact) mass is 400 g/mol. The minimum Gasteiger partial charge on any atom is -0.493 e. The third-order valence-electron chi connectivity index (χ3n) is 5.09. The number of likely N-dealkylation sites (tertiary alicyclic amines) is 1. The van der Waals surface area contributed by atoms with E-state index in [4.69, 9.17) is 9.47 Å². The van der Waals surface area contributed by atoms with Crippen molar-refractivity contribution >= 4 is 11.8 Å². The smallest absolute Gasteiger partial charge is 0.251 e. The second kappa shape index (κ2) is 9.41. The maximum atomic E-state index is 13.0. The maximum absolute atomic E-state index is 13.0. The molecule has 1 N–H and O–H groups in total. The molecule has 0 spiro atoms. The van der Waals surface area contributed by atoms with Crippen molar-refractivity contribution in [1.29, 1.82) is 0 Å². The van der Waals surface area contributed by atoms with Crippen molar-refractivity contribution in [3.63, 3.8) is 0 Å². The predicted octanol–water partition coefficient (Wildman–Crippen LogP) is 2.81. The fourth-order valence-electron chi connectivity index (χ4n) is 3.42. The molecule has 1 fully saturated rings. The van der Waals surface area contributed by atoms with Gasteiger partial charge in [-0.3, -0.25) is 9.59 Å². The van der Waals surface area contributed by atoms with Crippen LogP contribution in [0, 0.1) is 5.82 Å². The molecule has 154 valence electrons. The molecular weight excluding hydrogens is 375 g/mol. The summed E-state index contributed by atoms with van der Waals surface area (Å²) in [7, 11) is 3.14. The van der Waals surface area contributed by atoms with Crippen LogP contribution in [-0.4, -0.2) is 50.1 Å². The number of ether oxygens (including phenoxy) is 2. The topological polar surface area (TPSA) is 67.9 Å². The van der Waals surface area contributed by atoms with Gasteiger partial charge in [-0.2, -0.15) is 0 Å². The summed E-state index contributed by atoms with van der Waals surface area (Å²) in [4.78, 5) is 26.7. The molecule has 1 aliphatic rings. The van der Waals surface area contributed by atoms with Gasteiger partial charge in [0.25, 0.3) is 5.91 Å². The maximum Gasteiger partial charge on any atom is 0.251 e. The number of piperidine rings is 1. The fraction of sp³-hybridized carbons (Fsp3) is 0.364. The van der Waals surface area contributed by atoms with Crippen molar-refractivity contribution in [2.75, 3.05) is 27.3 Å². The molecule has 0 aliphatic carbocycles. The number of hydrogen-bond donors (Lipinski definition) is 1. The number of nitrogens with one attached hydrogen (secondary N) is 1. The zero-order chi connectivity index (χ0) is 20.8. The molecule has 1 heterocycles. The van der Waals surface area contributed by atoms with Crippen molar-refractivity contribution in [3.8, 4) is 11.5 Å². The molecule has 0 radical (unpaired) electrons. The lowest BCUT2D eigenvalue weighted by atomic mass is 10.0. The van der Waals surface area contributed by atoms with E-state index in [2.05, 4.69) is 5.32 Å². The molecule has 0 aromatic heterocycles. The first-order valence-electron chi connectivity index (χ1n) is 9.55. The minimum absolute atomic E-state index is 0.00214. The average molecular weight is 400 g/mol. The first kappa shape index (κ1) is 20.6. The lowest BCUT2D eigenvalue weighted by molar-refractivity contribution is -0.131. The molecule has 7 heteroatoms. The lowest BCUT2D eigenvalue weighted by Crippen LogP contribution is -2.47. The van der Waals surface area contributed by atoms with E-state index < -0.39 is 0 Å². The van der Waals surface area contributed by atoms with Crippen LogP contribution in [0.1, 0.15) is 28.8 Å². The normalized spacial score (nSPS) is 14.4. The van der Waals surface area contributed by atoms with Gasteiger partial charge in [0.15, 0.2) is 11.5 Å². The Morgan fingerprint density at radius 3 is 2.31 bits per heavy atom. The highest BCUT2D eigenvalue weighted by Gasteiger charge is 2.24. The van der Waals surface area contributed by atoms with Crippen LogP contribution < -0.4 is 14.8 Å². The molecule has 6 nitrogen and oxygen atoms in total. The van der Waals surface area contributed by atoms with Crippen LogP contribution in [0.3, 0.4) is 0 Å². The van der Waals surface area contributed by atoms with Gasteiger partial charge in [0.2, 0.25) is 5.91 Å². The Morgan fingerprint density at radius 2 is 1.69 bits per heavy atom. The first-order chi connectivity index (χ1) is 14.0. The number of hydrogen-bond acceptors (Lipinski definition) is 4. The van der Waals surface area contributed by atoms with Crippen LogP contribution in [0.2, 0.25) is 0 Å². The van der Waals surface area contributed by atoms with Crippen molar-refractivity contribution in [2.24, 2.45) is 0 Å². The molecule has 2 aromatic carbocycles. The van der Waals surface area contributed by atoms with Crippen molar-refractivity contribution in [1.82, 2.24) is 10.2 Å². The molecule has 3 rings (SSSR count). The summed E-state index contributed by atoms with van der Waals surface area (Å²) in [6.45, 7) is 1.17. The predicted molar refractivity (Wildman–Crippen MR) is 107 cm³/mol. The van der Waals surface area contributed by atoms with Crippen molar-refractivity contribution in [2.45, 2.75) is 25.3 Å². The second-order valence-corrected chi connectivity index (χ2v) is 7.00. The average Bonchev–Trinajstić information content (AvgIpc) is 2.74. The zero-order valence-electron chi connectivity index (χ0n) is 16.6. The molecule has 0 saturated carbocycles. The summed E-state index contributed by atoms with van der Waals surface area (Å²) in [6.07, 6.45) is 1.65. The second-order valence-electron chi connectivity index (χ2n) is 7.00. The molecule has 0 unspecified atom stereocenters. The Labute approximate surface area is 169 Å². The Kier molecular flexibility index (Phi) is 6.69. The van der Waals surface area contributed by atoms with Crippen LogP contribution in [0.5, 0.6) is 11.5 Å². The molecule has 2 aromatic rings. The molecule has 0 bridgehead atoms. The lowest BCUT2D eigenvalue weighted by Gasteiger charge is -2.32. The summed E-state index contributed by atoms with van der Waals surface area (Å²) in [5.74, 6) is 0.671. The van der Waals surface area contributed by atoms with Gasteiger partial charge in [-0.25, -0.2) is 4.39 Å². The fourth-order valence-corrected chi connectivity index (χ4v) is 3.42. The van der Waals surface area contributed by atoms with Gasteiger partial charge < -0.3 is 19.7 Å². The molecule has 29 heavy (non-hydrogen) atoms. The van der Waals surface area contributed by atoms with E-state index in [1.54, 1.807) is 20.3 Å². The number of nitrogens with zero attached hydrogens (tertiary/aromatic N) is 1. The Morgan fingerprint density at radius 1 is 1.03 bits per heavy atom. The van der Waals surface area contributed by atoms with Gasteiger partial charge >= 0.3 is 0 Å². The summed E-state index contributed by atoms with van der Waals surface area (Å²) < 4.78 is 23.5. The van der Waals surface area contributed by atoms with E-state index in [0.717, 1.165) is 5.56 Å². The SMILES string of the molecule is COc1ccc(CC(=O)N2CCC(NC(=O)c3ccc(F)cc3)CC2)cc1OC. The van der Waals surface area contributed by atoms with E-state index >= 15 is 0 Å². The van der Waals surface area contributed by atoms with Crippen molar-refractivity contribution < 1.29 is 23.5 Å². The van der Waals surface area contributed by atoms with Gasteiger partial charge in [-0.15, -0.1) is 0 Å². The number of halogens is 1. The zero-order valence-corrected chi connectivity index (χ0v) is 16.6. The number of carbonyl (C=O) groups excluding carboxylic acids is 2. The van der Waals surface area contributed by atoms with Gasteiger partial charge in [-0.1, -0.05) is 6.07 Å². The summed E-state index contributed by atoms with van der Waals surface area (Å²) in [5, 5.41) is 2.96. The van der Waals surface area contributed by atoms with Gasteiger partial charge in [-0.05, 0) is 54.8 Å². The number of rotatable bonds is 6. The third-order valence-corrected chi connectivity index (χ3v) is 5.09. The standard InChI is InChI=1S/C22H25FN2O4/c1-28-19-8-3-15(13-20(19)29-2)14-21(26)25-11-9-18(10-12-25)24-22(27)16-4-6-17(23)7-5-16/h3-8,13,18H,9-12,14H2,1-2H3,(H,24,27). The van der Waals surface area contributed by atoms with E-state index in [9.17, 15) is 14.0 Å². The van der Waals surface area contributed by atoms with E-state index in [-0.39, 0.29) is 30.1 Å². The van der Waals surface area contributed by atoms with Crippen LogP contribution in [-0.2, 0) is 11.2 Å². The van der Waals surface area contributed by atoms with Crippen LogP contribution >= 0.6 is 0 Å². The molecule has 1 aliphatic heterocycles. The quantitative estimate of drug-likeness (QED) is 0.810. The number of methoxy groups -OCH3 is 2. The molecular formula is C22H25FN2O4. The number of carbonyl (C=O) groups is 2. The van der Waals surface area contributed by atoms with Gasteiger partial charge in [0, 0.05) is 24.7 Å². The van der Waals surface area contributed by atoms with Crippen LogP contribution in [0.25, 0.3) is 0 Å². The third kappa shape index (κ3) is 5.25. The van der Waals surface area contributed by atoms with E-state index in [0.29, 0.717) is 43.0 Å². The molecule has 0 atom stereocenters. The first-order valence-corrected chi connectivity index (χ1v) is 9.55. The summed E-state index contributed by atoms with van der Waals surface area (Å²) >= 11 is 0. The van der Waals surface area contributed by atoms with E-state index in [1.165, 1.54) is 24.3 Å². The minimum atomic E-state index is -0.372. The van der Waals surface area contributed by atoms with Crippen molar-refractivity contribution in [3.05, 3.63) is 59.4 Å². The number of benzene rings is 2. The van der Waals surface area contributed by atoms with Crippen LogP contribution in [0.4, 0.5) is 4.39 Å². The Bertz CT molecular complexity index is 862. The summed E-state index contributed by atoms with van der Waals surface area (Å²) in [5.41, 5.74) is 1.29.